The minimum atomic E-state index is -1.38. The van der Waals surface area contributed by atoms with Crippen LogP contribution in [0.1, 0.15) is 5.82 Å². The topological polar surface area (TPSA) is 147 Å². The first-order valence-corrected chi connectivity index (χ1v) is 11.7. The number of hydrazone groups is 1. The fraction of sp³-hybridized carbons (Fsp3) is 0.231. The van der Waals surface area contributed by atoms with Gasteiger partial charge in [0.25, 0.3) is 0 Å². The number of nitrogens with one attached hydrogen (secondary N) is 1. The fourth-order valence-corrected chi connectivity index (χ4v) is 5.68. The highest BCUT2D eigenvalue weighted by Gasteiger charge is 2.64. The van der Waals surface area contributed by atoms with Gasteiger partial charge in [-0.2, -0.15) is 15.3 Å². The summed E-state index contributed by atoms with van der Waals surface area (Å²) in [5.41, 5.74) is 3.57. The number of nitriles is 2. The number of urea groups is 1. The first kappa shape index (κ1) is 23.1. The van der Waals surface area contributed by atoms with Gasteiger partial charge in [-0.1, -0.05) is 56.0 Å². The Morgan fingerprint density at radius 1 is 0.947 bits per heavy atom. The predicted octanol–water partition coefficient (Wildman–Crippen LogP) is 0.461. The number of carbonyl (C=O) groups excluding carboxylic acids is 1. The summed E-state index contributed by atoms with van der Waals surface area (Å²) >= 11 is 0. The molecule has 2 amide bonds. The van der Waals surface area contributed by atoms with Gasteiger partial charge in [0.05, 0.1) is 12.1 Å². The van der Waals surface area contributed by atoms with Crippen LogP contribution in [0.5, 0.6) is 0 Å². The monoisotopic (exact) mass is 505 g/mol. The molecule has 12 nitrogen and oxygen atoms in total. The van der Waals surface area contributed by atoms with Crippen LogP contribution in [0, 0.1) is 33.5 Å². The Bertz CT molecular complexity index is 1740. The van der Waals surface area contributed by atoms with Crippen molar-refractivity contribution in [1.82, 2.24) is 30.3 Å². The van der Waals surface area contributed by atoms with Crippen LogP contribution in [0.4, 0.5) is 4.79 Å². The highest BCUT2D eigenvalue weighted by Crippen LogP contribution is 2.66. The zero-order chi connectivity index (χ0) is 27.0. The number of nitrogens with zero attached hydrogens (tertiary/aromatic N) is 9. The number of amidine groups is 1. The van der Waals surface area contributed by atoms with E-state index in [1.165, 1.54) is 19.4 Å². The molecular formula is C26H21N10O2+. The molecule has 5 aliphatic rings. The number of aryl methyl sites for hydroxylation is 2. The molecule has 0 saturated heterocycles. The molecule has 4 aliphatic carbocycles. The van der Waals surface area contributed by atoms with Crippen molar-refractivity contribution in [1.29, 1.82) is 10.5 Å². The van der Waals surface area contributed by atoms with Gasteiger partial charge in [0, 0.05) is 25.2 Å². The van der Waals surface area contributed by atoms with Crippen molar-refractivity contribution in [2.24, 2.45) is 30.0 Å². The first-order valence-electron chi connectivity index (χ1n) is 11.7. The van der Waals surface area contributed by atoms with E-state index in [2.05, 4.69) is 32.9 Å². The maximum atomic E-state index is 12.2. The van der Waals surface area contributed by atoms with Crippen LogP contribution in [-0.4, -0.2) is 50.9 Å². The second-order valence-electron chi connectivity index (χ2n) is 9.44. The van der Waals surface area contributed by atoms with Gasteiger partial charge >= 0.3 is 11.7 Å². The Morgan fingerprint density at radius 3 is 2.34 bits per heavy atom. The number of hydrogen-bond donors (Lipinski definition) is 1. The van der Waals surface area contributed by atoms with Gasteiger partial charge in [-0.3, -0.25) is 5.43 Å². The summed E-state index contributed by atoms with van der Waals surface area (Å²) in [7, 11) is 6.22. The highest BCUT2D eigenvalue weighted by molar-refractivity contribution is 6.06. The van der Waals surface area contributed by atoms with Crippen molar-refractivity contribution >= 4 is 17.4 Å². The van der Waals surface area contributed by atoms with E-state index in [4.69, 9.17) is 0 Å². The minimum absolute atomic E-state index is 0.311. The van der Waals surface area contributed by atoms with Gasteiger partial charge in [0.2, 0.25) is 5.82 Å². The maximum absolute atomic E-state index is 12.2. The highest BCUT2D eigenvalue weighted by atomic mass is 16.2. The van der Waals surface area contributed by atoms with Gasteiger partial charge in [0.1, 0.15) is 24.9 Å². The zero-order valence-electron chi connectivity index (χ0n) is 21.0. The van der Waals surface area contributed by atoms with E-state index in [1.54, 1.807) is 40.3 Å². The summed E-state index contributed by atoms with van der Waals surface area (Å²) in [4.78, 5) is 24.4. The third-order valence-electron chi connectivity index (χ3n) is 7.46. The summed E-state index contributed by atoms with van der Waals surface area (Å²) in [5.74, 6) is 0.694. The Balaban J connectivity index is 1.60. The molecule has 2 heterocycles. The van der Waals surface area contributed by atoms with Crippen molar-refractivity contribution in [3.63, 3.8) is 0 Å². The van der Waals surface area contributed by atoms with Gasteiger partial charge in [-0.25, -0.2) is 14.8 Å². The molecule has 186 valence electrons. The SMILES string of the molecule is CN1N=C(C2=CC=C3C=CC4=CC(c5nn(C)c(=O)[n+](C)n5)=CC5=CC=C2C3(C#N)C54C#N)NN(C)C1=O. The van der Waals surface area contributed by atoms with E-state index >= 15 is 0 Å². The van der Waals surface area contributed by atoms with Crippen LogP contribution in [0.3, 0.4) is 0 Å². The summed E-state index contributed by atoms with van der Waals surface area (Å²) in [6, 6.07) is 4.66. The van der Waals surface area contributed by atoms with Gasteiger partial charge in [0.15, 0.2) is 5.84 Å². The van der Waals surface area contributed by atoms with E-state index in [0.29, 0.717) is 45.1 Å². The molecule has 0 spiro atoms. The van der Waals surface area contributed by atoms with Crippen LogP contribution >= 0.6 is 0 Å². The molecule has 1 aromatic heterocycles. The van der Waals surface area contributed by atoms with Crippen molar-refractivity contribution in [2.75, 3.05) is 14.1 Å². The average Bonchev–Trinajstić information content (AvgIpc) is 2.91. The number of aromatic nitrogens is 4. The van der Waals surface area contributed by atoms with E-state index in [0.717, 1.165) is 0 Å². The van der Waals surface area contributed by atoms with Crippen molar-refractivity contribution in [2.45, 2.75) is 0 Å². The standard InChI is InChI=1S/C26H21N10O2/c1-33-23(37)34(2)30-21(29-33)15-11-17-6-5-16-7-9-19(22-31-35(3)24(38)36(4)32-22)20-10-8-18(12-15)25(17,13-27)26(16,20)14-28/h5-12H,1-4H3,(H,31,32)/q+1. The summed E-state index contributed by atoms with van der Waals surface area (Å²) < 4.78 is 2.40. The van der Waals surface area contributed by atoms with Crippen molar-refractivity contribution in [3.8, 4) is 12.1 Å². The predicted molar refractivity (Wildman–Crippen MR) is 134 cm³/mol. The normalized spacial score (nSPS) is 26.8. The van der Waals surface area contributed by atoms with E-state index in [9.17, 15) is 20.1 Å². The summed E-state index contributed by atoms with van der Waals surface area (Å²) in [6.45, 7) is 0. The van der Waals surface area contributed by atoms with Gasteiger partial charge < -0.3 is 0 Å². The lowest BCUT2D eigenvalue weighted by Gasteiger charge is -2.52. The number of hydrazine groups is 1. The van der Waals surface area contributed by atoms with Gasteiger partial charge in [-0.05, 0) is 34.4 Å². The molecular weight excluding hydrogens is 484 g/mol. The Morgan fingerprint density at radius 2 is 1.66 bits per heavy atom. The molecule has 0 radical (unpaired) electrons. The lowest BCUT2D eigenvalue weighted by molar-refractivity contribution is -0.750. The molecule has 0 aromatic carbocycles. The van der Waals surface area contributed by atoms with Crippen LogP contribution in [0.15, 0.2) is 86.4 Å². The lowest BCUT2D eigenvalue weighted by Crippen LogP contribution is -2.56. The van der Waals surface area contributed by atoms with Crippen molar-refractivity contribution < 1.29 is 9.48 Å². The van der Waals surface area contributed by atoms with Crippen LogP contribution < -0.4 is 15.8 Å². The molecule has 6 rings (SSSR count). The molecule has 2 atom stereocenters. The smallest absolute Gasteiger partial charge is 0.276 e. The van der Waals surface area contributed by atoms with Crippen LogP contribution in [0.2, 0.25) is 0 Å². The number of carbonyl (C=O) groups is 1. The summed E-state index contributed by atoms with van der Waals surface area (Å²) in [5, 5.41) is 37.2. The van der Waals surface area contributed by atoms with E-state index in [1.807, 2.05) is 36.5 Å². The molecule has 2 unspecified atom stereocenters. The number of rotatable bonds is 2. The van der Waals surface area contributed by atoms with Crippen molar-refractivity contribution in [3.05, 3.63) is 92.8 Å². The lowest BCUT2D eigenvalue weighted by atomic mass is 9.45. The van der Waals surface area contributed by atoms with Crippen LogP contribution in [0.25, 0.3) is 5.57 Å². The zero-order valence-corrected chi connectivity index (χ0v) is 21.0. The molecule has 12 heteroatoms. The Kier molecular flexibility index (Phi) is 4.59. The fourth-order valence-electron chi connectivity index (χ4n) is 5.68. The first-order chi connectivity index (χ1) is 18.2. The third-order valence-corrected chi connectivity index (χ3v) is 7.46. The van der Waals surface area contributed by atoms with Gasteiger partial charge in [-0.15, -0.1) is 5.10 Å². The Hall–Kier alpha value is -5.36. The second-order valence-corrected chi connectivity index (χ2v) is 9.44. The van der Waals surface area contributed by atoms with E-state index in [-0.39, 0.29) is 11.7 Å². The van der Waals surface area contributed by atoms with E-state index < -0.39 is 10.8 Å². The molecule has 0 fully saturated rings. The summed E-state index contributed by atoms with van der Waals surface area (Å²) in [6.07, 6.45) is 14.6. The second kappa shape index (κ2) is 7.57. The molecule has 1 aliphatic heterocycles. The molecule has 0 bridgehead atoms. The molecule has 1 N–H and O–H groups in total. The number of amides is 2. The molecule has 1 aromatic rings. The number of allylic oxidation sites excluding steroid dienone is 12. The quantitative estimate of drug-likeness (QED) is 0.574. The number of hydrogen-bond acceptors (Lipinski definition) is 8. The molecule has 38 heavy (non-hydrogen) atoms. The largest absolute Gasteiger partial charge is 0.539 e. The Labute approximate surface area is 217 Å². The average molecular weight is 506 g/mol. The third kappa shape index (κ3) is 2.66. The van der Waals surface area contributed by atoms with Crippen LogP contribution in [-0.2, 0) is 14.1 Å². The maximum Gasteiger partial charge on any atom is 0.539 e. The minimum Gasteiger partial charge on any atom is -0.276 e. The molecule has 0 saturated carbocycles.